The Hall–Kier alpha value is -2.97. The van der Waals surface area contributed by atoms with Gasteiger partial charge in [0.1, 0.15) is 13.1 Å². The molecule has 0 aliphatic heterocycles. The van der Waals surface area contributed by atoms with Crippen LogP contribution in [0.25, 0.3) is 0 Å². The van der Waals surface area contributed by atoms with Gasteiger partial charge >= 0.3 is 11.9 Å². The molecule has 0 spiro atoms. The average Bonchev–Trinajstić information content (AvgIpc) is 2.37. The maximum atomic E-state index is 11.9. The average molecular weight is 296 g/mol. The molecule has 0 fully saturated rings. The first-order valence-electron chi connectivity index (χ1n) is 5.74. The van der Waals surface area contributed by atoms with Crippen LogP contribution >= 0.6 is 0 Å². The Kier molecular flexibility index (Phi) is 5.35. The smallest absolute Gasteiger partial charge is 0.323 e. The number of nitro benzene ring substituents is 1. The first kappa shape index (κ1) is 16.1. The largest absolute Gasteiger partial charge is 0.480 e. The molecule has 1 amide bonds. The quantitative estimate of drug-likeness (QED) is 0.538. The summed E-state index contributed by atoms with van der Waals surface area (Å²) in [6.45, 7) is -1.50. The zero-order chi connectivity index (χ0) is 16.0. The van der Waals surface area contributed by atoms with Crippen LogP contribution in [0.15, 0.2) is 24.3 Å². The van der Waals surface area contributed by atoms with Gasteiger partial charge in [-0.25, -0.2) is 0 Å². The molecule has 0 saturated heterocycles. The molecule has 0 heterocycles. The molecule has 9 nitrogen and oxygen atoms in total. The summed E-state index contributed by atoms with van der Waals surface area (Å²) in [5.41, 5.74) is 0.0956. The number of carbonyl (C=O) groups excluding carboxylic acids is 1. The number of nitrogens with zero attached hydrogens (tertiary/aromatic N) is 2. The summed E-state index contributed by atoms with van der Waals surface area (Å²) in [6.07, 6.45) is -0.317. The summed E-state index contributed by atoms with van der Waals surface area (Å²) < 4.78 is 0. The van der Waals surface area contributed by atoms with Gasteiger partial charge in [-0.3, -0.25) is 24.5 Å². The fraction of sp³-hybridized carbons (Fsp3) is 0.250. The molecule has 0 radical (unpaired) electrons. The van der Waals surface area contributed by atoms with E-state index in [1.54, 1.807) is 0 Å². The van der Waals surface area contributed by atoms with E-state index in [9.17, 15) is 24.5 Å². The summed E-state index contributed by atoms with van der Waals surface area (Å²) in [5.74, 6) is -3.42. The third-order valence-corrected chi connectivity index (χ3v) is 2.48. The lowest BCUT2D eigenvalue weighted by molar-refractivity contribution is -0.384. The number of rotatable bonds is 7. The minimum absolute atomic E-state index is 0.205. The van der Waals surface area contributed by atoms with Crippen molar-refractivity contribution in [3.05, 3.63) is 39.9 Å². The molecule has 1 aromatic carbocycles. The van der Waals surface area contributed by atoms with E-state index in [-0.39, 0.29) is 12.1 Å². The summed E-state index contributed by atoms with van der Waals surface area (Å²) in [7, 11) is 0. The van der Waals surface area contributed by atoms with Crippen LogP contribution in [0, 0.1) is 10.1 Å². The molecule has 0 atom stereocenters. The molecule has 1 aromatic rings. The lowest BCUT2D eigenvalue weighted by atomic mass is 10.1. The van der Waals surface area contributed by atoms with Gasteiger partial charge in [-0.1, -0.05) is 12.1 Å². The summed E-state index contributed by atoms with van der Waals surface area (Å²) in [6, 6.07) is 5.28. The molecule has 2 N–H and O–H groups in total. The van der Waals surface area contributed by atoms with E-state index in [0.29, 0.717) is 10.5 Å². The number of aliphatic carboxylic acids is 2. The monoisotopic (exact) mass is 296 g/mol. The topological polar surface area (TPSA) is 138 Å². The number of carboxylic acids is 2. The van der Waals surface area contributed by atoms with Crippen molar-refractivity contribution >= 4 is 23.5 Å². The standard InChI is InChI=1S/C12H12N2O7/c15-10(13(6-11(16)17)7-12(18)19)5-8-2-1-3-9(4-8)14(20)21/h1-4H,5-7H2,(H,16,17)(H,18,19). The van der Waals surface area contributed by atoms with Crippen LogP contribution in [0.2, 0.25) is 0 Å². The maximum absolute atomic E-state index is 11.9. The summed E-state index contributed by atoms with van der Waals surface area (Å²) >= 11 is 0. The number of hydrogen-bond acceptors (Lipinski definition) is 5. The maximum Gasteiger partial charge on any atom is 0.323 e. The van der Waals surface area contributed by atoms with Gasteiger partial charge in [0.2, 0.25) is 5.91 Å². The first-order chi connectivity index (χ1) is 9.79. The molecular weight excluding hydrogens is 284 g/mol. The molecule has 21 heavy (non-hydrogen) atoms. The Bertz CT molecular complexity index is 569. The van der Waals surface area contributed by atoms with Crippen molar-refractivity contribution < 1.29 is 29.5 Å². The summed E-state index contributed by atoms with van der Waals surface area (Å²) in [4.78, 5) is 43.8. The van der Waals surface area contributed by atoms with Crippen LogP contribution in [-0.4, -0.2) is 51.0 Å². The SMILES string of the molecule is O=C(O)CN(CC(=O)O)C(=O)Cc1cccc([N+](=O)[O-])c1. The van der Waals surface area contributed by atoms with E-state index in [1.165, 1.54) is 24.3 Å². The van der Waals surface area contributed by atoms with Crippen LogP contribution in [0.3, 0.4) is 0 Å². The second-order valence-electron chi connectivity index (χ2n) is 4.14. The Morgan fingerprint density at radius 1 is 1.14 bits per heavy atom. The minimum Gasteiger partial charge on any atom is -0.480 e. The molecule has 0 aliphatic carbocycles. The van der Waals surface area contributed by atoms with Crippen LogP contribution in [-0.2, 0) is 20.8 Å². The number of carbonyl (C=O) groups is 3. The van der Waals surface area contributed by atoms with E-state index in [2.05, 4.69) is 0 Å². The van der Waals surface area contributed by atoms with Gasteiger partial charge in [0, 0.05) is 12.1 Å². The van der Waals surface area contributed by atoms with Crippen LogP contribution in [0.1, 0.15) is 5.56 Å². The number of carboxylic acid groups (broad SMARTS) is 2. The van der Waals surface area contributed by atoms with Gasteiger partial charge < -0.3 is 15.1 Å². The van der Waals surface area contributed by atoms with Gasteiger partial charge in [0.15, 0.2) is 0 Å². The number of hydrogen-bond donors (Lipinski definition) is 2. The number of non-ortho nitro benzene ring substituents is 1. The highest BCUT2D eigenvalue weighted by Gasteiger charge is 2.20. The molecule has 0 unspecified atom stereocenters. The lowest BCUT2D eigenvalue weighted by Crippen LogP contribution is -2.40. The van der Waals surface area contributed by atoms with Crippen molar-refractivity contribution in [1.82, 2.24) is 4.90 Å². The number of benzene rings is 1. The van der Waals surface area contributed by atoms with Crippen LogP contribution in [0.4, 0.5) is 5.69 Å². The van der Waals surface area contributed by atoms with E-state index in [4.69, 9.17) is 10.2 Å². The Balaban J connectivity index is 2.85. The fourth-order valence-electron chi connectivity index (χ4n) is 1.63. The molecule has 0 aromatic heterocycles. The molecule has 9 heteroatoms. The normalized spacial score (nSPS) is 9.90. The number of nitro groups is 1. The van der Waals surface area contributed by atoms with Gasteiger partial charge in [0.05, 0.1) is 11.3 Å². The predicted octanol–water partition coefficient (Wildman–Crippen LogP) is 0.135. The molecule has 0 saturated carbocycles. The van der Waals surface area contributed by atoms with Crippen molar-refractivity contribution in [2.45, 2.75) is 6.42 Å². The highest BCUT2D eigenvalue weighted by molar-refractivity contribution is 5.86. The number of amides is 1. The third kappa shape index (κ3) is 5.27. The highest BCUT2D eigenvalue weighted by Crippen LogP contribution is 2.14. The van der Waals surface area contributed by atoms with E-state index >= 15 is 0 Å². The van der Waals surface area contributed by atoms with Crippen LogP contribution < -0.4 is 0 Å². The Labute approximate surface area is 118 Å². The van der Waals surface area contributed by atoms with E-state index in [0.717, 1.165) is 0 Å². The van der Waals surface area contributed by atoms with Gasteiger partial charge in [-0.15, -0.1) is 0 Å². The lowest BCUT2D eigenvalue weighted by Gasteiger charge is -2.18. The fourth-order valence-corrected chi connectivity index (χ4v) is 1.63. The molecule has 0 bridgehead atoms. The summed E-state index contributed by atoms with van der Waals surface area (Å²) in [5, 5.41) is 27.9. The predicted molar refractivity (Wildman–Crippen MR) is 68.7 cm³/mol. The van der Waals surface area contributed by atoms with Gasteiger partial charge in [-0.05, 0) is 5.56 Å². The van der Waals surface area contributed by atoms with Crippen molar-refractivity contribution in [3.8, 4) is 0 Å². The second kappa shape index (κ2) is 6.98. The van der Waals surface area contributed by atoms with Crippen molar-refractivity contribution in [2.75, 3.05) is 13.1 Å². The Morgan fingerprint density at radius 3 is 2.19 bits per heavy atom. The van der Waals surface area contributed by atoms with E-state index in [1.807, 2.05) is 0 Å². The molecular formula is C12H12N2O7. The van der Waals surface area contributed by atoms with Crippen molar-refractivity contribution in [1.29, 1.82) is 0 Å². The van der Waals surface area contributed by atoms with Crippen molar-refractivity contribution in [2.24, 2.45) is 0 Å². The molecule has 112 valence electrons. The highest BCUT2D eigenvalue weighted by atomic mass is 16.6. The second-order valence-corrected chi connectivity index (χ2v) is 4.14. The Morgan fingerprint density at radius 2 is 1.71 bits per heavy atom. The molecule has 1 rings (SSSR count). The van der Waals surface area contributed by atoms with Crippen molar-refractivity contribution in [3.63, 3.8) is 0 Å². The van der Waals surface area contributed by atoms with Gasteiger partial charge in [0.25, 0.3) is 5.69 Å². The van der Waals surface area contributed by atoms with E-state index < -0.39 is 35.9 Å². The molecule has 0 aliphatic rings. The minimum atomic E-state index is -1.34. The van der Waals surface area contributed by atoms with Gasteiger partial charge in [-0.2, -0.15) is 0 Å². The zero-order valence-corrected chi connectivity index (χ0v) is 10.8. The van der Waals surface area contributed by atoms with Crippen LogP contribution in [0.5, 0.6) is 0 Å². The first-order valence-corrected chi connectivity index (χ1v) is 5.74. The zero-order valence-electron chi connectivity index (χ0n) is 10.8. The third-order valence-electron chi connectivity index (χ3n) is 2.48.